The van der Waals surface area contributed by atoms with Crippen LogP contribution in [0.3, 0.4) is 0 Å². The van der Waals surface area contributed by atoms with Crippen molar-refractivity contribution in [3.05, 3.63) is 129 Å². The number of fused-ring (bicyclic) bond motifs is 1. The first-order chi connectivity index (χ1) is 24.1. The summed E-state index contributed by atoms with van der Waals surface area (Å²) in [4.78, 5) is 5.05. The Morgan fingerprint density at radius 2 is 1.44 bits per heavy atom. The second kappa shape index (κ2) is 17.7. The summed E-state index contributed by atoms with van der Waals surface area (Å²) in [6.07, 6.45) is 0.286. The maximum absolute atomic E-state index is 14.3. The van der Waals surface area contributed by atoms with Gasteiger partial charge in [0, 0.05) is 33.0 Å². The molecule has 0 amide bonds. The number of rotatable bonds is 17. The molecule has 1 heterocycles. The Hall–Kier alpha value is -2.72. The molecule has 1 aromatic heterocycles. The first-order valence-corrected chi connectivity index (χ1v) is 21.3. The second-order valence-corrected chi connectivity index (χ2v) is 17.4. The lowest BCUT2D eigenvalue weighted by Crippen LogP contribution is -2.14. The van der Waals surface area contributed by atoms with Crippen molar-refractivity contribution in [1.82, 2.24) is 4.98 Å². The van der Waals surface area contributed by atoms with Crippen molar-refractivity contribution < 1.29 is 36.7 Å². The standard InChI is InChI=1S/C37H38BrF2NO6P2S/c1-4-44-49(43,45-5-2)36-22-33(21-31-17-18-35(41-37(31)36)26(3)19-27-9-7-6-8-10-27)30-14-11-28(12-15-30)24-50-25-29-13-16-32(34(38)20-29)23-48(42,46-39)47-40/h6-18,20-22,26H,4-5,19,23-25H2,1-3H3. The predicted molar refractivity (Wildman–Crippen MR) is 201 cm³/mol. The Morgan fingerprint density at radius 3 is 2.08 bits per heavy atom. The maximum Gasteiger partial charge on any atom is 0.399 e. The van der Waals surface area contributed by atoms with Crippen molar-refractivity contribution in [3.63, 3.8) is 0 Å². The van der Waals surface area contributed by atoms with Crippen molar-refractivity contribution in [3.8, 4) is 11.1 Å². The lowest BCUT2D eigenvalue weighted by molar-refractivity contribution is -0.0881. The number of halogens is 3. The number of nitrogens with zero attached hydrogens (tertiary/aromatic N) is 1. The van der Waals surface area contributed by atoms with Crippen LogP contribution in [0.1, 0.15) is 54.6 Å². The summed E-state index contributed by atoms with van der Waals surface area (Å²) in [5.74, 6) is 1.55. The second-order valence-electron chi connectivity index (χ2n) is 11.7. The smallest absolute Gasteiger partial charge is 0.305 e. The van der Waals surface area contributed by atoms with Crippen LogP contribution in [-0.4, -0.2) is 18.2 Å². The minimum absolute atomic E-state index is 0.138. The van der Waals surface area contributed by atoms with E-state index in [1.807, 2.05) is 54.6 Å². The zero-order valence-electron chi connectivity index (χ0n) is 27.9. The first-order valence-electron chi connectivity index (χ1n) is 16.1. The average Bonchev–Trinajstić information content (AvgIpc) is 3.13. The van der Waals surface area contributed by atoms with Gasteiger partial charge in [0.25, 0.3) is 0 Å². The van der Waals surface area contributed by atoms with E-state index < -0.39 is 21.4 Å². The van der Waals surface area contributed by atoms with Crippen molar-refractivity contribution in [1.29, 1.82) is 0 Å². The molecule has 0 N–H and O–H groups in total. The molecule has 1 atom stereocenters. The van der Waals surface area contributed by atoms with Gasteiger partial charge in [-0.05, 0) is 87.0 Å². The molecule has 0 aliphatic heterocycles. The molecule has 0 aliphatic rings. The Labute approximate surface area is 304 Å². The highest BCUT2D eigenvalue weighted by atomic mass is 79.9. The molecular formula is C37H38BrF2NO6P2S. The molecule has 0 bridgehead atoms. The van der Waals surface area contributed by atoms with Crippen LogP contribution < -0.4 is 5.30 Å². The molecule has 7 nitrogen and oxygen atoms in total. The van der Waals surface area contributed by atoms with Gasteiger partial charge in [-0.3, -0.25) is 14.1 Å². The molecule has 13 heteroatoms. The van der Waals surface area contributed by atoms with Gasteiger partial charge in [-0.25, -0.2) is 0 Å². The topological polar surface area (TPSA) is 84.0 Å². The summed E-state index contributed by atoms with van der Waals surface area (Å²) < 4.78 is 69.7. The number of hydrogen-bond acceptors (Lipinski definition) is 8. The summed E-state index contributed by atoms with van der Waals surface area (Å²) in [7, 11) is -8.16. The molecule has 4 aromatic carbocycles. The number of thioether (sulfide) groups is 1. The largest absolute Gasteiger partial charge is 0.399 e. The molecule has 0 fully saturated rings. The van der Waals surface area contributed by atoms with Gasteiger partial charge < -0.3 is 9.05 Å². The maximum atomic E-state index is 14.3. The van der Waals surface area contributed by atoms with Gasteiger partial charge in [-0.2, -0.15) is 11.8 Å². The van der Waals surface area contributed by atoms with E-state index in [2.05, 4.69) is 62.6 Å². The molecule has 5 rings (SSSR count). The Kier molecular flexibility index (Phi) is 13.6. The normalized spacial score (nSPS) is 12.8. The van der Waals surface area contributed by atoms with E-state index in [0.717, 1.165) is 45.5 Å². The molecule has 0 radical (unpaired) electrons. The SMILES string of the molecule is CCOP(=O)(OCC)c1cc(-c2ccc(CSCc3ccc(CP(=O)(OF)OF)c(Br)c3)cc2)cc2ccc(C(C)Cc3ccccc3)nc12. The number of pyridine rings is 1. The summed E-state index contributed by atoms with van der Waals surface area (Å²) in [5, 5.41) is 1.30. The fourth-order valence-electron chi connectivity index (χ4n) is 5.63. The number of hydrogen-bond donors (Lipinski definition) is 0. The van der Waals surface area contributed by atoms with E-state index in [4.69, 9.17) is 14.0 Å². The highest BCUT2D eigenvalue weighted by Gasteiger charge is 2.31. The number of aromatic nitrogens is 1. The zero-order valence-corrected chi connectivity index (χ0v) is 32.1. The van der Waals surface area contributed by atoms with Gasteiger partial charge in [0.05, 0.1) is 30.2 Å². The molecule has 1 unspecified atom stereocenters. The highest BCUT2D eigenvalue weighted by Crippen LogP contribution is 2.53. The van der Waals surface area contributed by atoms with Gasteiger partial charge in [0.1, 0.15) is 0 Å². The van der Waals surface area contributed by atoms with Crippen LogP contribution in [0.25, 0.3) is 22.0 Å². The first kappa shape index (κ1) is 38.5. The fraction of sp³-hybridized carbons (Fsp3) is 0.270. The van der Waals surface area contributed by atoms with Crippen LogP contribution in [0.15, 0.2) is 102 Å². The molecule has 0 aliphatic carbocycles. The zero-order chi connectivity index (χ0) is 35.7. The number of benzene rings is 4. The summed E-state index contributed by atoms with van der Waals surface area (Å²) in [6, 6.07) is 31.8. The van der Waals surface area contributed by atoms with E-state index in [1.54, 1.807) is 37.7 Å². The van der Waals surface area contributed by atoms with Crippen LogP contribution in [0.5, 0.6) is 0 Å². The summed E-state index contributed by atoms with van der Waals surface area (Å²) >= 11 is 5.07. The lowest BCUT2D eigenvalue weighted by atomic mass is 9.96. The minimum Gasteiger partial charge on any atom is -0.305 e. The van der Waals surface area contributed by atoms with Gasteiger partial charge in [0.2, 0.25) is 0 Å². The van der Waals surface area contributed by atoms with Gasteiger partial charge in [0.15, 0.2) is 0 Å². The van der Waals surface area contributed by atoms with Gasteiger partial charge >= 0.3 is 15.2 Å². The Balaban J connectivity index is 1.35. The van der Waals surface area contributed by atoms with Crippen molar-refractivity contribution in [2.24, 2.45) is 0 Å². The van der Waals surface area contributed by atoms with Crippen molar-refractivity contribution in [2.45, 2.75) is 50.8 Å². The summed E-state index contributed by atoms with van der Waals surface area (Å²) in [6.45, 7) is 6.20. The van der Waals surface area contributed by atoms with Crippen molar-refractivity contribution >= 4 is 59.1 Å². The fourth-order valence-corrected chi connectivity index (χ4v) is 9.94. The third-order valence-corrected chi connectivity index (χ3v) is 13.2. The molecule has 50 heavy (non-hydrogen) atoms. The van der Waals surface area contributed by atoms with Crippen LogP contribution in [-0.2, 0) is 51.7 Å². The Bertz CT molecular complexity index is 1990. The molecule has 0 saturated carbocycles. The van der Waals surface area contributed by atoms with Crippen molar-refractivity contribution in [2.75, 3.05) is 13.2 Å². The molecular weight excluding hydrogens is 766 g/mol. The Morgan fingerprint density at radius 1 is 0.780 bits per heavy atom. The molecule has 5 aromatic rings. The van der Waals surface area contributed by atoms with E-state index in [-0.39, 0.29) is 19.1 Å². The van der Waals surface area contributed by atoms with Gasteiger partial charge in [-0.15, -0.1) is 9.46 Å². The van der Waals surface area contributed by atoms with E-state index in [9.17, 15) is 18.2 Å². The molecule has 0 spiro atoms. The summed E-state index contributed by atoms with van der Waals surface area (Å²) in [5.41, 5.74) is 7.07. The third-order valence-electron chi connectivity index (χ3n) is 8.09. The van der Waals surface area contributed by atoms with Crippen LogP contribution in [0.2, 0.25) is 0 Å². The van der Waals surface area contributed by atoms with E-state index in [1.165, 1.54) is 5.56 Å². The van der Waals surface area contributed by atoms with Crippen LogP contribution in [0.4, 0.5) is 9.05 Å². The monoisotopic (exact) mass is 803 g/mol. The van der Waals surface area contributed by atoms with E-state index >= 15 is 0 Å². The third kappa shape index (κ3) is 9.58. The molecule has 0 saturated heterocycles. The average molecular weight is 805 g/mol. The minimum atomic E-state index is -4.48. The van der Waals surface area contributed by atoms with Gasteiger partial charge in [-0.1, -0.05) is 95.7 Å². The highest BCUT2D eigenvalue weighted by molar-refractivity contribution is 9.10. The van der Waals surface area contributed by atoms with Crippen LogP contribution >= 0.6 is 42.9 Å². The quantitative estimate of drug-likeness (QED) is 0.0859. The lowest BCUT2D eigenvalue weighted by Gasteiger charge is -2.21. The van der Waals surface area contributed by atoms with E-state index in [0.29, 0.717) is 26.6 Å². The molecule has 264 valence electrons. The van der Waals surface area contributed by atoms with Crippen LogP contribution in [0, 0.1) is 0 Å². The predicted octanol–water partition coefficient (Wildman–Crippen LogP) is 11.8.